The molecule has 25 heavy (non-hydrogen) atoms. The first-order valence-corrected chi connectivity index (χ1v) is 10.7. The number of rotatable bonds is 18. The number of hydrogen-bond acceptors (Lipinski definition) is 4. The lowest BCUT2D eigenvalue weighted by atomic mass is 10.0. The molecular weight excluding hydrogens is 314 g/mol. The van der Waals surface area contributed by atoms with Crippen LogP contribution in [0.2, 0.25) is 0 Å². The van der Waals surface area contributed by atoms with Crippen LogP contribution in [-0.4, -0.2) is 23.4 Å². The fraction of sp³-hybridized carbons (Fsp3) is 0.952. The summed E-state index contributed by atoms with van der Waals surface area (Å²) in [5.74, 6) is -0.303. The van der Waals surface area contributed by atoms with E-state index in [9.17, 15) is 9.90 Å². The van der Waals surface area contributed by atoms with Crippen LogP contribution in [0.15, 0.2) is 0 Å². The highest BCUT2D eigenvalue weighted by Crippen LogP contribution is 2.13. The molecule has 0 amide bonds. The second-order valence-electron chi connectivity index (χ2n) is 7.39. The van der Waals surface area contributed by atoms with Gasteiger partial charge < -0.3 is 9.84 Å². The Bertz CT molecular complexity index is 295. The van der Waals surface area contributed by atoms with Crippen molar-refractivity contribution in [1.29, 1.82) is 0 Å². The fourth-order valence-corrected chi connectivity index (χ4v) is 2.95. The molecule has 0 aliphatic carbocycles. The minimum Gasteiger partial charge on any atom is -0.444 e. The molecule has 0 spiro atoms. The zero-order chi connectivity index (χ0) is 18.8. The van der Waals surface area contributed by atoms with E-state index in [4.69, 9.17) is 10.5 Å². The first-order valence-electron chi connectivity index (χ1n) is 10.7. The summed E-state index contributed by atoms with van der Waals surface area (Å²) in [4.78, 5) is 11.5. The van der Waals surface area contributed by atoms with Crippen LogP contribution in [0, 0.1) is 0 Å². The minimum absolute atomic E-state index is 0.303. The maximum absolute atomic E-state index is 11.5. The SMILES string of the molecule is CCCCCCCCCCCCCCCCCC(=O)OC(N)C(C)O. The Morgan fingerprint density at radius 2 is 1.16 bits per heavy atom. The number of ether oxygens (including phenoxy) is 1. The van der Waals surface area contributed by atoms with Crippen molar-refractivity contribution in [3.63, 3.8) is 0 Å². The zero-order valence-corrected chi connectivity index (χ0v) is 16.8. The fourth-order valence-electron chi connectivity index (χ4n) is 2.95. The minimum atomic E-state index is -0.899. The molecule has 0 aromatic heterocycles. The van der Waals surface area contributed by atoms with Gasteiger partial charge in [-0.3, -0.25) is 10.5 Å². The summed E-state index contributed by atoms with van der Waals surface area (Å²) >= 11 is 0. The number of unbranched alkanes of at least 4 members (excludes halogenated alkanes) is 14. The highest BCUT2D eigenvalue weighted by molar-refractivity contribution is 5.69. The van der Waals surface area contributed by atoms with Gasteiger partial charge in [-0.05, 0) is 13.3 Å². The van der Waals surface area contributed by atoms with Crippen molar-refractivity contribution in [3.05, 3.63) is 0 Å². The van der Waals surface area contributed by atoms with Crippen LogP contribution >= 0.6 is 0 Å². The first kappa shape index (κ1) is 24.4. The molecule has 0 aliphatic heterocycles. The normalized spacial score (nSPS) is 13.6. The Labute approximate surface area is 155 Å². The predicted molar refractivity (Wildman–Crippen MR) is 105 cm³/mol. The summed E-state index contributed by atoms with van der Waals surface area (Å²) in [5, 5.41) is 9.17. The van der Waals surface area contributed by atoms with Gasteiger partial charge in [0.25, 0.3) is 0 Å². The quantitative estimate of drug-likeness (QED) is 0.194. The average molecular weight is 358 g/mol. The van der Waals surface area contributed by atoms with E-state index in [1.54, 1.807) is 0 Å². The summed E-state index contributed by atoms with van der Waals surface area (Å²) in [5.41, 5.74) is 5.48. The molecular formula is C21H43NO3. The highest BCUT2D eigenvalue weighted by atomic mass is 16.6. The third kappa shape index (κ3) is 18.0. The lowest BCUT2D eigenvalue weighted by Gasteiger charge is -2.15. The van der Waals surface area contributed by atoms with Crippen molar-refractivity contribution in [3.8, 4) is 0 Å². The van der Waals surface area contributed by atoms with Gasteiger partial charge in [0, 0.05) is 6.42 Å². The Hall–Kier alpha value is -0.610. The molecule has 150 valence electrons. The Kier molecular flexibility index (Phi) is 17.7. The van der Waals surface area contributed by atoms with Crippen LogP contribution < -0.4 is 5.73 Å². The van der Waals surface area contributed by atoms with E-state index in [1.807, 2.05) is 0 Å². The van der Waals surface area contributed by atoms with Crippen molar-refractivity contribution >= 4 is 5.97 Å². The molecule has 0 rings (SSSR count). The third-order valence-corrected chi connectivity index (χ3v) is 4.73. The van der Waals surface area contributed by atoms with Gasteiger partial charge in [0.1, 0.15) is 6.10 Å². The number of carbonyl (C=O) groups is 1. The monoisotopic (exact) mass is 357 g/mol. The maximum Gasteiger partial charge on any atom is 0.307 e. The van der Waals surface area contributed by atoms with Crippen molar-refractivity contribution < 1.29 is 14.6 Å². The molecule has 0 aromatic rings. The maximum atomic E-state index is 11.5. The van der Waals surface area contributed by atoms with Crippen LogP contribution in [0.3, 0.4) is 0 Å². The van der Waals surface area contributed by atoms with Crippen LogP contribution in [-0.2, 0) is 9.53 Å². The van der Waals surface area contributed by atoms with E-state index < -0.39 is 12.3 Å². The smallest absolute Gasteiger partial charge is 0.307 e. The van der Waals surface area contributed by atoms with E-state index in [2.05, 4.69) is 6.92 Å². The number of aliphatic hydroxyl groups is 1. The van der Waals surface area contributed by atoms with Gasteiger partial charge in [-0.2, -0.15) is 0 Å². The van der Waals surface area contributed by atoms with Gasteiger partial charge in [-0.15, -0.1) is 0 Å². The molecule has 4 nitrogen and oxygen atoms in total. The summed E-state index contributed by atoms with van der Waals surface area (Å²) in [6.45, 7) is 3.79. The standard InChI is InChI=1S/C21H43NO3/c1-3-4-5-6-7-8-9-10-11-12-13-14-15-16-17-18-20(24)25-21(22)19(2)23/h19,21,23H,3-18,22H2,1-2H3. The van der Waals surface area contributed by atoms with Crippen molar-refractivity contribution in [1.82, 2.24) is 0 Å². The van der Waals surface area contributed by atoms with Gasteiger partial charge >= 0.3 is 5.97 Å². The van der Waals surface area contributed by atoms with Gasteiger partial charge in [-0.1, -0.05) is 96.8 Å². The molecule has 2 atom stereocenters. The number of esters is 1. The Morgan fingerprint density at radius 3 is 1.52 bits per heavy atom. The van der Waals surface area contributed by atoms with Crippen molar-refractivity contribution in [2.75, 3.05) is 0 Å². The molecule has 0 heterocycles. The van der Waals surface area contributed by atoms with Gasteiger partial charge in [0.05, 0.1) is 0 Å². The lowest BCUT2D eigenvalue weighted by Crippen LogP contribution is -2.37. The topological polar surface area (TPSA) is 72.5 Å². The van der Waals surface area contributed by atoms with Crippen LogP contribution in [0.5, 0.6) is 0 Å². The summed E-state index contributed by atoms with van der Waals surface area (Å²) < 4.78 is 4.92. The van der Waals surface area contributed by atoms with E-state index >= 15 is 0 Å². The van der Waals surface area contributed by atoms with Crippen LogP contribution in [0.25, 0.3) is 0 Å². The van der Waals surface area contributed by atoms with E-state index in [0.717, 1.165) is 12.8 Å². The Morgan fingerprint density at radius 1 is 0.800 bits per heavy atom. The van der Waals surface area contributed by atoms with E-state index in [1.165, 1.54) is 90.4 Å². The van der Waals surface area contributed by atoms with Crippen molar-refractivity contribution in [2.45, 2.75) is 129 Å². The van der Waals surface area contributed by atoms with E-state index in [0.29, 0.717) is 6.42 Å². The Balaban J connectivity index is 3.17. The molecule has 0 saturated carbocycles. The predicted octanol–water partition coefficient (Wildman–Crippen LogP) is 5.46. The molecule has 0 aliphatic rings. The highest BCUT2D eigenvalue weighted by Gasteiger charge is 2.14. The van der Waals surface area contributed by atoms with E-state index in [-0.39, 0.29) is 5.97 Å². The molecule has 3 N–H and O–H groups in total. The molecule has 0 radical (unpaired) electrons. The first-order chi connectivity index (χ1) is 12.1. The van der Waals surface area contributed by atoms with Gasteiger partial charge in [-0.25, -0.2) is 0 Å². The van der Waals surface area contributed by atoms with Gasteiger partial charge in [0.2, 0.25) is 0 Å². The second-order valence-corrected chi connectivity index (χ2v) is 7.39. The third-order valence-electron chi connectivity index (χ3n) is 4.73. The molecule has 0 aromatic carbocycles. The second kappa shape index (κ2) is 18.2. The summed E-state index contributed by atoms with van der Waals surface area (Å²) in [6, 6.07) is 0. The number of carbonyl (C=O) groups excluding carboxylic acids is 1. The molecule has 0 saturated heterocycles. The summed E-state index contributed by atoms with van der Waals surface area (Å²) in [7, 11) is 0. The molecule has 0 fully saturated rings. The molecule has 2 unspecified atom stereocenters. The van der Waals surface area contributed by atoms with Crippen LogP contribution in [0.4, 0.5) is 0 Å². The molecule has 4 heteroatoms. The number of aliphatic hydroxyl groups excluding tert-OH is 1. The largest absolute Gasteiger partial charge is 0.444 e. The summed E-state index contributed by atoms with van der Waals surface area (Å²) in [6.07, 6.45) is 18.3. The van der Waals surface area contributed by atoms with Crippen LogP contribution in [0.1, 0.15) is 117 Å². The van der Waals surface area contributed by atoms with Gasteiger partial charge in [0.15, 0.2) is 6.23 Å². The number of nitrogens with two attached hydrogens (primary N) is 1. The molecule has 0 bridgehead atoms. The number of hydrogen-bond donors (Lipinski definition) is 2. The average Bonchev–Trinajstić information content (AvgIpc) is 2.58. The van der Waals surface area contributed by atoms with Crippen molar-refractivity contribution in [2.24, 2.45) is 5.73 Å². The zero-order valence-electron chi connectivity index (χ0n) is 16.8. The lowest BCUT2D eigenvalue weighted by molar-refractivity contribution is -0.154.